The number of nitrogens with zero attached hydrogens (tertiary/aromatic N) is 1. The number of carbonyl (C=O) groups excluding carboxylic acids is 1. The van der Waals surface area contributed by atoms with Crippen LogP contribution in [-0.2, 0) is 0 Å². The van der Waals surface area contributed by atoms with Crippen LogP contribution in [0, 0.1) is 0 Å². The highest BCUT2D eigenvalue weighted by Gasteiger charge is 2.00. The van der Waals surface area contributed by atoms with Gasteiger partial charge in [0.25, 0.3) is 0 Å². The summed E-state index contributed by atoms with van der Waals surface area (Å²) in [6, 6.07) is 0. The molecule has 0 aliphatic carbocycles. The SMILES string of the molecule is CN(SCl)C(=O)Cl. The fourth-order valence-corrected chi connectivity index (χ4v) is 0.479. The maximum Gasteiger partial charge on any atom is 0.326 e. The Morgan fingerprint density at radius 3 is 2.29 bits per heavy atom. The molecule has 42 valence electrons. The lowest BCUT2D eigenvalue weighted by atomic mass is 11.2. The zero-order chi connectivity index (χ0) is 5.86. The third-order valence-corrected chi connectivity index (χ3v) is 1.70. The summed E-state index contributed by atoms with van der Waals surface area (Å²) in [5.41, 5.74) is 0. The summed E-state index contributed by atoms with van der Waals surface area (Å²) in [7, 11) is 6.56. The zero-order valence-corrected chi connectivity index (χ0v) is 5.85. The molecule has 0 atom stereocenters. The van der Waals surface area contributed by atoms with E-state index in [0.29, 0.717) is 0 Å². The van der Waals surface area contributed by atoms with E-state index in [1.807, 2.05) is 0 Å². The Hall–Kier alpha value is 0.400. The molecule has 0 saturated carbocycles. The highest BCUT2D eigenvalue weighted by Crippen LogP contribution is 2.12. The van der Waals surface area contributed by atoms with Gasteiger partial charge in [0.1, 0.15) is 0 Å². The average molecular weight is 160 g/mol. The molecule has 0 fully saturated rings. The summed E-state index contributed by atoms with van der Waals surface area (Å²) in [6.45, 7) is 0. The molecule has 0 bridgehead atoms. The lowest BCUT2D eigenvalue weighted by molar-refractivity contribution is 0.251. The van der Waals surface area contributed by atoms with Gasteiger partial charge in [0.2, 0.25) is 0 Å². The molecule has 0 spiro atoms. The third kappa shape index (κ3) is 3.02. The van der Waals surface area contributed by atoms with Crippen molar-refractivity contribution < 1.29 is 4.79 Å². The van der Waals surface area contributed by atoms with Gasteiger partial charge in [0.15, 0.2) is 0 Å². The molecule has 0 aromatic heterocycles. The molecule has 0 aromatic rings. The van der Waals surface area contributed by atoms with E-state index in [1.165, 1.54) is 7.05 Å². The molecule has 0 aliphatic rings. The maximum absolute atomic E-state index is 9.96. The summed E-state index contributed by atoms with van der Waals surface area (Å²) in [5, 5.41) is -0.569. The number of halogens is 2. The Morgan fingerprint density at radius 1 is 1.86 bits per heavy atom. The number of amides is 1. The van der Waals surface area contributed by atoms with E-state index >= 15 is 0 Å². The first-order chi connectivity index (χ1) is 3.18. The molecule has 0 aliphatic heterocycles. The highest BCUT2D eigenvalue weighted by atomic mass is 35.7. The second-order valence-corrected chi connectivity index (χ2v) is 2.24. The van der Waals surface area contributed by atoms with Crippen LogP contribution in [0.15, 0.2) is 0 Å². The van der Waals surface area contributed by atoms with Crippen molar-refractivity contribution in [3.05, 3.63) is 0 Å². The first kappa shape index (κ1) is 7.40. The van der Waals surface area contributed by atoms with Crippen molar-refractivity contribution in [2.45, 2.75) is 0 Å². The number of hydrogen-bond donors (Lipinski definition) is 0. The Labute approximate surface area is 55.4 Å². The second kappa shape index (κ2) is 3.41. The Balaban J connectivity index is 3.34. The number of hydrogen-bond acceptors (Lipinski definition) is 2. The van der Waals surface area contributed by atoms with Crippen molar-refractivity contribution in [2.24, 2.45) is 0 Å². The van der Waals surface area contributed by atoms with E-state index in [1.54, 1.807) is 0 Å². The fraction of sp³-hybridized carbons (Fsp3) is 0.500. The van der Waals surface area contributed by atoms with Gasteiger partial charge in [-0.2, -0.15) is 0 Å². The third-order valence-electron chi connectivity index (χ3n) is 0.351. The average Bonchev–Trinajstić information content (AvgIpc) is 1.65. The standard InChI is InChI=1S/C2H3Cl2NOS/c1-5(7-4)2(3)6/h1H3. The van der Waals surface area contributed by atoms with Crippen LogP contribution in [0.2, 0.25) is 0 Å². The molecule has 0 saturated heterocycles. The predicted molar refractivity (Wildman–Crippen MR) is 32.5 cm³/mol. The van der Waals surface area contributed by atoms with Crippen molar-refractivity contribution >= 4 is 38.8 Å². The normalized spacial score (nSPS) is 8.43. The molecule has 0 rings (SSSR count). The lowest BCUT2D eigenvalue weighted by Gasteiger charge is -2.02. The highest BCUT2D eigenvalue weighted by molar-refractivity contribution is 8.19. The molecule has 0 radical (unpaired) electrons. The van der Waals surface area contributed by atoms with Gasteiger partial charge in [-0.15, -0.1) is 0 Å². The van der Waals surface area contributed by atoms with Crippen molar-refractivity contribution in [1.29, 1.82) is 0 Å². The summed E-state index contributed by atoms with van der Waals surface area (Å²) in [4.78, 5) is 9.96. The predicted octanol–water partition coefficient (Wildman–Crippen LogP) is 2.08. The summed E-state index contributed by atoms with van der Waals surface area (Å²) < 4.78 is 1.10. The molecule has 1 amide bonds. The van der Waals surface area contributed by atoms with E-state index in [-0.39, 0.29) is 0 Å². The van der Waals surface area contributed by atoms with E-state index < -0.39 is 5.37 Å². The van der Waals surface area contributed by atoms with Crippen LogP contribution in [0.3, 0.4) is 0 Å². The molecule has 5 heteroatoms. The van der Waals surface area contributed by atoms with Crippen molar-refractivity contribution in [3.8, 4) is 0 Å². The largest absolute Gasteiger partial charge is 0.326 e. The first-order valence-electron chi connectivity index (χ1n) is 1.40. The minimum Gasteiger partial charge on any atom is -0.262 e. The molecular weight excluding hydrogens is 157 g/mol. The Bertz CT molecular complexity index is 78.1. The van der Waals surface area contributed by atoms with Gasteiger partial charge in [-0.3, -0.25) is 9.10 Å². The van der Waals surface area contributed by atoms with Gasteiger partial charge in [0, 0.05) is 7.05 Å². The van der Waals surface area contributed by atoms with Crippen molar-refractivity contribution in [1.82, 2.24) is 4.31 Å². The van der Waals surface area contributed by atoms with Crippen LogP contribution in [0.1, 0.15) is 0 Å². The van der Waals surface area contributed by atoms with E-state index in [2.05, 4.69) is 0 Å². The molecule has 7 heavy (non-hydrogen) atoms. The monoisotopic (exact) mass is 159 g/mol. The molecule has 2 nitrogen and oxygen atoms in total. The zero-order valence-electron chi connectivity index (χ0n) is 3.52. The van der Waals surface area contributed by atoms with Gasteiger partial charge < -0.3 is 0 Å². The van der Waals surface area contributed by atoms with Crippen LogP contribution >= 0.6 is 33.4 Å². The van der Waals surface area contributed by atoms with Crippen LogP contribution in [0.25, 0.3) is 0 Å². The topological polar surface area (TPSA) is 20.3 Å². The Kier molecular flexibility index (Phi) is 3.60. The summed E-state index contributed by atoms with van der Waals surface area (Å²) in [5.74, 6) is 0. The van der Waals surface area contributed by atoms with Gasteiger partial charge in [-0.05, 0) is 22.3 Å². The van der Waals surface area contributed by atoms with Crippen LogP contribution < -0.4 is 0 Å². The maximum atomic E-state index is 9.96. The lowest BCUT2D eigenvalue weighted by Crippen LogP contribution is -2.08. The van der Waals surface area contributed by atoms with Crippen LogP contribution in [0.5, 0.6) is 0 Å². The first-order valence-corrected chi connectivity index (χ1v) is 3.38. The van der Waals surface area contributed by atoms with Crippen molar-refractivity contribution in [2.75, 3.05) is 7.05 Å². The number of rotatable bonds is 1. The van der Waals surface area contributed by atoms with Crippen LogP contribution in [-0.4, -0.2) is 16.7 Å². The van der Waals surface area contributed by atoms with Gasteiger partial charge in [0.05, 0.1) is 11.2 Å². The van der Waals surface area contributed by atoms with Gasteiger partial charge >= 0.3 is 5.37 Å². The minimum absolute atomic E-state index is 0.569. The van der Waals surface area contributed by atoms with Crippen LogP contribution in [0.4, 0.5) is 4.79 Å². The fourth-order valence-electron chi connectivity index (χ4n) is 0.0271. The summed E-state index contributed by atoms with van der Waals surface area (Å²) in [6.07, 6.45) is 0. The van der Waals surface area contributed by atoms with Gasteiger partial charge in [-0.25, -0.2) is 0 Å². The van der Waals surface area contributed by atoms with E-state index in [4.69, 9.17) is 22.3 Å². The molecular formula is C2H3Cl2NOS. The van der Waals surface area contributed by atoms with Gasteiger partial charge in [-0.1, -0.05) is 0 Å². The minimum atomic E-state index is -0.569. The quantitative estimate of drug-likeness (QED) is 0.332. The van der Waals surface area contributed by atoms with E-state index in [9.17, 15) is 4.79 Å². The molecule has 0 N–H and O–H groups in total. The smallest absolute Gasteiger partial charge is 0.262 e. The Morgan fingerprint density at radius 2 is 2.29 bits per heavy atom. The van der Waals surface area contributed by atoms with E-state index in [0.717, 1.165) is 15.5 Å². The second-order valence-electron chi connectivity index (χ2n) is 0.819. The number of carbonyl (C=O) groups is 1. The van der Waals surface area contributed by atoms with Crippen molar-refractivity contribution in [3.63, 3.8) is 0 Å². The summed E-state index contributed by atoms with van der Waals surface area (Å²) >= 11 is 5.67. The molecule has 0 heterocycles. The molecule has 0 unspecified atom stereocenters. The molecule has 0 aromatic carbocycles.